The number of hydrogen-bond acceptors (Lipinski definition) is 3. The normalized spacial score (nSPS) is 13.0. The number of rotatable bonds is 3. The van der Waals surface area contributed by atoms with E-state index in [2.05, 4.69) is 41.4 Å². The van der Waals surface area contributed by atoms with Crippen molar-refractivity contribution in [1.29, 1.82) is 0 Å². The van der Waals surface area contributed by atoms with Crippen LogP contribution in [0.4, 0.5) is 4.79 Å². The van der Waals surface area contributed by atoms with Crippen molar-refractivity contribution in [2.45, 2.75) is 12.6 Å². The number of fused-ring (bicyclic) bond motifs is 2. The van der Waals surface area contributed by atoms with Crippen molar-refractivity contribution in [2.24, 2.45) is 5.73 Å². The number of carbonyl (C=O) groups is 1. The summed E-state index contributed by atoms with van der Waals surface area (Å²) in [7, 11) is 0. The number of carbonyl (C=O) groups excluding carboxylic acids is 1. The molecule has 0 saturated heterocycles. The van der Waals surface area contributed by atoms with Gasteiger partial charge in [0.15, 0.2) is 6.61 Å². The lowest BCUT2D eigenvalue weighted by Gasteiger charge is -2.23. The Kier molecular flexibility index (Phi) is 3.82. The topological polar surface area (TPSA) is 70.1 Å². The minimum atomic E-state index is -0.808. The van der Waals surface area contributed by atoms with E-state index < -0.39 is 6.09 Å². The number of benzene rings is 2. The van der Waals surface area contributed by atoms with Crippen LogP contribution in [0.15, 0.2) is 60.9 Å². The number of nitrogens with two attached hydrogens (primary N) is 1. The first kappa shape index (κ1) is 15.2. The Morgan fingerprint density at radius 3 is 2.24 bits per heavy atom. The molecule has 2 aromatic carbocycles. The minimum Gasteiger partial charge on any atom is -0.442 e. The second kappa shape index (κ2) is 6.28. The van der Waals surface area contributed by atoms with Crippen molar-refractivity contribution in [1.82, 2.24) is 9.55 Å². The molecular weight excluding hydrogens is 314 g/mol. The smallest absolute Gasteiger partial charge is 0.404 e. The van der Waals surface area contributed by atoms with Crippen molar-refractivity contribution in [2.75, 3.05) is 0 Å². The van der Waals surface area contributed by atoms with Gasteiger partial charge in [0.2, 0.25) is 0 Å². The summed E-state index contributed by atoms with van der Waals surface area (Å²) in [6.45, 7) is 0.0383. The van der Waals surface area contributed by atoms with E-state index in [1.807, 2.05) is 35.0 Å². The van der Waals surface area contributed by atoms with Crippen LogP contribution in [0.3, 0.4) is 0 Å². The van der Waals surface area contributed by atoms with Gasteiger partial charge < -0.3 is 15.0 Å². The first-order valence-corrected chi connectivity index (χ1v) is 8.04. The van der Waals surface area contributed by atoms with Crippen molar-refractivity contribution in [3.05, 3.63) is 89.0 Å². The molecule has 0 bridgehead atoms. The van der Waals surface area contributed by atoms with E-state index in [0.29, 0.717) is 5.82 Å². The standard InChI is InChI=1S/C20H17N3O2/c21-20(24)25-13-18-22-11-12-23(18)19-16-7-3-1-5-14(16)9-10-15-6-2-4-8-17(15)19/h1-12,19H,13H2,(H2,21,24). The van der Waals surface area contributed by atoms with Crippen LogP contribution in [0, 0.1) is 0 Å². The molecule has 0 fully saturated rings. The molecule has 0 spiro atoms. The molecule has 1 heterocycles. The number of nitrogens with zero attached hydrogens (tertiary/aromatic N) is 2. The average Bonchev–Trinajstić information content (AvgIpc) is 3.01. The fraction of sp³-hybridized carbons (Fsp3) is 0.100. The molecule has 1 aliphatic carbocycles. The molecule has 0 saturated carbocycles. The highest BCUT2D eigenvalue weighted by Gasteiger charge is 2.24. The third kappa shape index (κ3) is 2.80. The summed E-state index contributed by atoms with van der Waals surface area (Å²) in [6, 6.07) is 16.5. The molecule has 0 aliphatic heterocycles. The van der Waals surface area contributed by atoms with Crippen LogP contribution >= 0.6 is 0 Å². The fourth-order valence-corrected chi connectivity index (χ4v) is 3.30. The largest absolute Gasteiger partial charge is 0.442 e. The molecule has 124 valence electrons. The van der Waals surface area contributed by atoms with E-state index in [-0.39, 0.29) is 12.6 Å². The molecular formula is C20H17N3O2. The van der Waals surface area contributed by atoms with Crippen LogP contribution in [0.25, 0.3) is 12.2 Å². The molecule has 0 radical (unpaired) electrons. The first-order valence-electron chi connectivity index (χ1n) is 8.04. The van der Waals surface area contributed by atoms with Crippen molar-refractivity contribution in [3.63, 3.8) is 0 Å². The number of aromatic nitrogens is 2. The number of ether oxygens (including phenoxy) is 1. The molecule has 0 unspecified atom stereocenters. The van der Waals surface area contributed by atoms with Gasteiger partial charge in [-0.05, 0) is 22.3 Å². The second-order valence-electron chi connectivity index (χ2n) is 5.85. The molecule has 5 heteroatoms. The molecule has 4 rings (SSSR count). The summed E-state index contributed by atoms with van der Waals surface area (Å²) in [4.78, 5) is 15.3. The number of primary amides is 1. The van der Waals surface area contributed by atoms with Crippen LogP contribution in [0.2, 0.25) is 0 Å². The zero-order valence-electron chi connectivity index (χ0n) is 13.5. The van der Waals surface area contributed by atoms with Gasteiger partial charge in [0.05, 0.1) is 6.04 Å². The summed E-state index contributed by atoms with van der Waals surface area (Å²) in [6.07, 6.45) is 7.07. The maximum absolute atomic E-state index is 11.0. The zero-order chi connectivity index (χ0) is 17.2. The van der Waals surface area contributed by atoms with Crippen molar-refractivity contribution < 1.29 is 9.53 Å². The van der Waals surface area contributed by atoms with Crippen molar-refractivity contribution >= 4 is 18.2 Å². The Morgan fingerprint density at radius 2 is 1.64 bits per heavy atom. The van der Waals surface area contributed by atoms with Gasteiger partial charge in [-0.1, -0.05) is 60.7 Å². The van der Waals surface area contributed by atoms with Crippen molar-refractivity contribution in [3.8, 4) is 0 Å². The lowest BCUT2D eigenvalue weighted by Crippen LogP contribution is -2.19. The van der Waals surface area contributed by atoms with E-state index in [1.54, 1.807) is 6.20 Å². The number of hydrogen-bond donors (Lipinski definition) is 1. The molecule has 2 N–H and O–H groups in total. The summed E-state index contributed by atoms with van der Waals surface area (Å²) in [5, 5.41) is 0. The quantitative estimate of drug-likeness (QED) is 0.623. The van der Waals surface area contributed by atoms with E-state index in [0.717, 1.165) is 11.1 Å². The van der Waals surface area contributed by atoms with Gasteiger partial charge in [-0.25, -0.2) is 9.78 Å². The Balaban J connectivity index is 1.88. The van der Waals surface area contributed by atoms with Crippen LogP contribution in [-0.4, -0.2) is 15.6 Å². The van der Waals surface area contributed by atoms with E-state index in [1.165, 1.54) is 11.1 Å². The average molecular weight is 331 g/mol. The highest BCUT2D eigenvalue weighted by Crippen LogP contribution is 2.36. The van der Waals surface area contributed by atoms with Gasteiger partial charge in [-0.15, -0.1) is 0 Å². The van der Waals surface area contributed by atoms with Gasteiger partial charge >= 0.3 is 6.09 Å². The predicted octanol–water partition coefficient (Wildman–Crippen LogP) is 3.60. The lowest BCUT2D eigenvalue weighted by molar-refractivity contribution is 0.145. The Morgan fingerprint density at radius 1 is 1.04 bits per heavy atom. The van der Waals surface area contributed by atoms with Gasteiger partial charge in [0.1, 0.15) is 5.82 Å². The molecule has 25 heavy (non-hydrogen) atoms. The Hall–Kier alpha value is -3.34. The molecule has 1 aromatic heterocycles. The van der Waals surface area contributed by atoms with E-state index in [9.17, 15) is 4.79 Å². The highest BCUT2D eigenvalue weighted by molar-refractivity contribution is 5.76. The Labute approximate surface area is 145 Å². The Bertz CT molecular complexity index is 909. The predicted molar refractivity (Wildman–Crippen MR) is 95.7 cm³/mol. The van der Waals surface area contributed by atoms with Gasteiger partial charge in [-0.2, -0.15) is 0 Å². The van der Waals surface area contributed by atoms with Crippen LogP contribution in [0.5, 0.6) is 0 Å². The van der Waals surface area contributed by atoms with Gasteiger partial charge in [0.25, 0.3) is 0 Å². The minimum absolute atomic E-state index is 0.0383. The summed E-state index contributed by atoms with van der Waals surface area (Å²) in [5.41, 5.74) is 9.75. The zero-order valence-corrected chi connectivity index (χ0v) is 13.5. The van der Waals surface area contributed by atoms with Gasteiger partial charge in [-0.3, -0.25) is 0 Å². The van der Waals surface area contributed by atoms with Crippen LogP contribution in [0.1, 0.15) is 34.1 Å². The van der Waals surface area contributed by atoms with Crippen LogP contribution < -0.4 is 5.73 Å². The SMILES string of the molecule is NC(=O)OCc1nccn1C1c2ccccc2C=Cc2ccccc21. The third-order valence-corrected chi connectivity index (χ3v) is 4.39. The molecule has 0 atom stereocenters. The highest BCUT2D eigenvalue weighted by atomic mass is 16.5. The maximum Gasteiger partial charge on any atom is 0.404 e. The molecule has 5 nitrogen and oxygen atoms in total. The second-order valence-corrected chi connectivity index (χ2v) is 5.85. The number of imidazole rings is 1. The monoisotopic (exact) mass is 331 g/mol. The molecule has 1 amide bonds. The van der Waals surface area contributed by atoms with Gasteiger partial charge in [0, 0.05) is 12.4 Å². The fourth-order valence-electron chi connectivity index (χ4n) is 3.30. The number of amides is 1. The summed E-state index contributed by atoms with van der Waals surface area (Å²) < 4.78 is 7.00. The first-order chi connectivity index (χ1) is 12.2. The molecule has 1 aliphatic rings. The summed E-state index contributed by atoms with van der Waals surface area (Å²) in [5.74, 6) is 0.648. The maximum atomic E-state index is 11.0. The van der Waals surface area contributed by atoms with E-state index in [4.69, 9.17) is 10.5 Å². The molecule has 3 aromatic rings. The third-order valence-electron chi connectivity index (χ3n) is 4.39. The lowest BCUT2D eigenvalue weighted by atomic mass is 9.94. The van der Waals surface area contributed by atoms with E-state index >= 15 is 0 Å². The summed E-state index contributed by atoms with van der Waals surface area (Å²) >= 11 is 0. The van der Waals surface area contributed by atoms with Crippen LogP contribution in [-0.2, 0) is 11.3 Å².